The number of nitrogens with one attached hydrogen (secondary N) is 2. The van der Waals surface area contributed by atoms with Gasteiger partial charge in [-0.2, -0.15) is 13.2 Å². The monoisotopic (exact) mass is 370 g/mol. The quantitative estimate of drug-likeness (QED) is 0.548. The largest absolute Gasteiger partial charge is 0.401 e. The van der Waals surface area contributed by atoms with Crippen LogP contribution >= 0.6 is 0 Å². The second-order valence-corrected chi connectivity index (χ2v) is 8.70. The van der Waals surface area contributed by atoms with Crippen LogP contribution in [0.15, 0.2) is 4.99 Å². The third-order valence-corrected chi connectivity index (χ3v) is 6.03. The van der Waals surface area contributed by atoms with Crippen LogP contribution in [-0.2, 0) is 9.84 Å². The summed E-state index contributed by atoms with van der Waals surface area (Å²) in [6.45, 7) is 2.78. The summed E-state index contributed by atoms with van der Waals surface area (Å²) < 4.78 is 60.2. The van der Waals surface area contributed by atoms with Crippen LogP contribution in [0.5, 0.6) is 0 Å². The molecule has 0 spiro atoms. The fourth-order valence-corrected chi connectivity index (χ4v) is 4.95. The van der Waals surface area contributed by atoms with Gasteiger partial charge < -0.3 is 10.6 Å². The molecule has 2 N–H and O–H groups in total. The Kier molecular flexibility index (Phi) is 6.35. The summed E-state index contributed by atoms with van der Waals surface area (Å²) in [4.78, 5) is 5.79. The van der Waals surface area contributed by atoms with Crippen molar-refractivity contribution >= 4 is 15.8 Å². The molecule has 0 aromatic carbocycles. The molecule has 2 unspecified atom stereocenters. The van der Waals surface area contributed by atoms with Gasteiger partial charge in [0.05, 0.1) is 18.1 Å². The summed E-state index contributed by atoms with van der Waals surface area (Å²) in [5, 5.41) is 6.22. The molecular weight excluding hydrogens is 345 g/mol. The molecule has 0 saturated carbocycles. The average molecular weight is 370 g/mol. The molecule has 2 rings (SSSR count). The van der Waals surface area contributed by atoms with Gasteiger partial charge in [0.1, 0.15) is 0 Å². The molecule has 2 heterocycles. The second kappa shape index (κ2) is 7.90. The Hall–Kier alpha value is -1.03. The maximum Gasteiger partial charge on any atom is 0.401 e. The standard InChI is InChI=1S/C14H25F3N4O2S/c1-2-18-13(19-7-11-4-6-24(22,23)9-11)20-12-3-5-21(8-12)10-14(15,16)17/h11-12H,2-10H2,1H3,(H2,18,19,20). The number of nitrogens with zero attached hydrogens (tertiary/aromatic N) is 2. The van der Waals surface area contributed by atoms with Gasteiger partial charge in [-0.15, -0.1) is 0 Å². The van der Waals surface area contributed by atoms with Crippen molar-refractivity contribution in [3.8, 4) is 0 Å². The van der Waals surface area contributed by atoms with Crippen molar-refractivity contribution in [1.29, 1.82) is 0 Å². The normalized spacial score (nSPS) is 28.2. The van der Waals surface area contributed by atoms with E-state index >= 15 is 0 Å². The van der Waals surface area contributed by atoms with E-state index in [2.05, 4.69) is 15.6 Å². The van der Waals surface area contributed by atoms with E-state index in [0.29, 0.717) is 45.0 Å². The van der Waals surface area contributed by atoms with Crippen molar-refractivity contribution in [1.82, 2.24) is 15.5 Å². The molecule has 0 aliphatic carbocycles. The van der Waals surface area contributed by atoms with E-state index in [1.807, 2.05) is 6.92 Å². The lowest BCUT2D eigenvalue weighted by molar-refractivity contribution is -0.143. The molecule has 140 valence electrons. The summed E-state index contributed by atoms with van der Waals surface area (Å²) in [7, 11) is -2.93. The fourth-order valence-electron chi connectivity index (χ4n) is 3.10. The first-order valence-corrected chi connectivity index (χ1v) is 10.0. The number of guanidine groups is 1. The lowest BCUT2D eigenvalue weighted by Crippen LogP contribution is -2.45. The minimum Gasteiger partial charge on any atom is -0.357 e. The highest BCUT2D eigenvalue weighted by Gasteiger charge is 2.34. The van der Waals surface area contributed by atoms with Crippen molar-refractivity contribution in [2.75, 3.05) is 44.2 Å². The summed E-state index contributed by atoms with van der Waals surface area (Å²) in [6, 6.07) is -0.0857. The molecular formula is C14H25F3N4O2S. The Balaban J connectivity index is 1.84. The first-order chi connectivity index (χ1) is 11.2. The minimum absolute atomic E-state index is 0.0239. The number of likely N-dealkylation sites (tertiary alicyclic amines) is 1. The van der Waals surface area contributed by atoms with Gasteiger partial charge in [-0.05, 0) is 25.7 Å². The third kappa shape index (κ3) is 6.46. The van der Waals surface area contributed by atoms with E-state index in [1.54, 1.807) is 0 Å². The highest BCUT2D eigenvalue weighted by atomic mass is 32.2. The molecule has 6 nitrogen and oxygen atoms in total. The third-order valence-electron chi connectivity index (χ3n) is 4.19. The van der Waals surface area contributed by atoms with Gasteiger partial charge in [0.15, 0.2) is 15.8 Å². The van der Waals surface area contributed by atoms with E-state index in [-0.39, 0.29) is 23.5 Å². The molecule has 10 heteroatoms. The zero-order valence-electron chi connectivity index (χ0n) is 13.8. The van der Waals surface area contributed by atoms with Crippen molar-refractivity contribution in [3.63, 3.8) is 0 Å². The zero-order valence-corrected chi connectivity index (χ0v) is 14.6. The van der Waals surface area contributed by atoms with Gasteiger partial charge in [-0.3, -0.25) is 9.89 Å². The topological polar surface area (TPSA) is 73.8 Å². The van der Waals surface area contributed by atoms with Gasteiger partial charge >= 0.3 is 6.18 Å². The smallest absolute Gasteiger partial charge is 0.357 e. The Labute approximate surface area is 140 Å². The Bertz CT molecular complexity index is 551. The molecule has 24 heavy (non-hydrogen) atoms. The van der Waals surface area contributed by atoms with Gasteiger partial charge in [-0.1, -0.05) is 0 Å². The first kappa shape index (κ1) is 19.3. The highest BCUT2D eigenvalue weighted by molar-refractivity contribution is 7.91. The molecule has 0 radical (unpaired) electrons. The van der Waals surface area contributed by atoms with Crippen LogP contribution < -0.4 is 10.6 Å². The number of halogens is 3. The maximum atomic E-state index is 12.4. The molecule has 2 aliphatic rings. The summed E-state index contributed by atoms with van der Waals surface area (Å²) in [5.41, 5.74) is 0. The number of hydrogen-bond donors (Lipinski definition) is 2. The molecule has 0 aromatic rings. The van der Waals surface area contributed by atoms with Crippen molar-refractivity contribution in [2.45, 2.75) is 32.0 Å². The van der Waals surface area contributed by atoms with Gasteiger partial charge in [-0.25, -0.2) is 8.42 Å². The molecule has 2 atom stereocenters. The number of rotatable bonds is 5. The minimum atomic E-state index is -4.18. The van der Waals surface area contributed by atoms with Gasteiger partial charge in [0.2, 0.25) is 0 Å². The maximum absolute atomic E-state index is 12.4. The molecule has 0 bridgehead atoms. The van der Waals surface area contributed by atoms with Crippen LogP contribution in [0.1, 0.15) is 19.8 Å². The predicted octanol–water partition coefficient (Wildman–Crippen LogP) is 0.613. The van der Waals surface area contributed by atoms with Gasteiger partial charge in [0, 0.05) is 32.2 Å². The summed E-state index contributed by atoms with van der Waals surface area (Å²) >= 11 is 0. The summed E-state index contributed by atoms with van der Waals surface area (Å²) in [5.74, 6) is 0.946. The fraction of sp³-hybridized carbons (Fsp3) is 0.929. The Morgan fingerprint density at radius 2 is 2.08 bits per heavy atom. The van der Waals surface area contributed by atoms with Crippen LogP contribution in [0.4, 0.5) is 13.2 Å². The Morgan fingerprint density at radius 1 is 1.33 bits per heavy atom. The highest BCUT2D eigenvalue weighted by Crippen LogP contribution is 2.20. The van der Waals surface area contributed by atoms with E-state index < -0.39 is 22.6 Å². The number of hydrogen-bond acceptors (Lipinski definition) is 4. The van der Waals surface area contributed by atoms with Crippen LogP contribution in [-0.4, -0.2) is 75.7 Å². The van der Waals surface area contributed by atoms with Crippen molar-refractivity contribution < 1.29 is 21.6 Å². The van der Waals surface area contributed by atoms with E-state index in [4.69, 9.17) is 0 Å². The SMILES string of the molecule is CCNC(=NCC1CCS(=O)(=O)C1)NC1CCN(CC(F)(F)F)C1. The van der Waals surface area contributed by atoms with Crippen molar-refractivity contribution in [3.05, 3.63) is 0 Å². The molecule has 2 fully saturated rings. The number of aliphatic imine (C=N–C) groups is 1. The molecule has 2 saturated heterocycles. The number of sulfone groups is 1. The first-order valence-electron chi connectivity index (χ1n) is 8.21. The summed E-state index contributed by atoms with van der Waals surface area (Å²) in [6.07, 6.45) is -2.94. The predicted molar refractivity (Wildman–Crippen MR) is 86.8 cm³/mol. The van der Waals surface area contributed by atoms with Crippen LogP contribution in [0.2, 0.25) is 0 Å². The zero-order chi connectivity index (χ0) is 17.8. The van der Waals surface area contributed by atoms with E-state index in [9.17, 15) is 21.6 Å². The van der Waals surface area contributed by atoms with Crippen LogP contribution in [0.25, 0.3) is 0 Å². The molecule has 2 aliphatic heterocycles. The lowest BCUT2D eigenvalue weighted by Gasteiger charge is -2.20. The Morgan fingerprint density at radius 3 is 2.67 bits per heavy atom. The van der Waals surface area contributed by atoms with Crippen LogP contribution in [0, 0.1) is 5.92 Å². The van der Waals surface area contributed by atoms with E-state index in [0.717, 1.165) is 0 Å². The van der Waals surface area contributed by atoms with Crippen molar-refractivity contribution in [2.24, 2.45) is 10.9 Å². The van der Waals surface area contributed by atoms with E-state index in [1.165, 1.54) is 4.90 Å². The lowest BCUT2D eigenvalue weighted by atomic mass is 10.1. The van der Waals surface area contributed by atoms with Crippen LogP contribution in [0.3, 0.4) is 0 Å². The average Bonchev–Trinajstić information content (AvgIpc) is 3.01. The molecule has 0 amide bonds. The number of alkyl halides is 3. The van der Waals surface area contributed by atoms with Gasteiger partial charge in [0.25, 0.3) is 0 Å². The second-order valence-electron chi connectivity index (χ2n) is 6.47. The molecule has 0 aromatic heterocycles.